The van der Waals surface area contributed by atoms with E-state index in [2.05, 4.69) is 18.7 Å². The molecule has 0 radical (unpaired) electrons. The smallest absolute Gasteiger partial charge is 0.338 e. The van der Waals surface area contributed by atoms with Crippen LogP contribution < -0.4 is 0 Å². The maximum atomic E-state index is 11.8. The molecule has 3 heteroatoms. The van der Waals surface area contributed by atoms with Crippen LogP contribution in [0.1, 0.15) is 49.0 Å². The number of hydrogen-bond acceptors (Lipinski definition) is 3. The highest BCUT2D eigenvalue weighted by Gasteiger charge is 2.23. The SMILES string of the molecule is COC(=O)c1ccccc1CN1CCCC(C)(C)CC1. The van der Waals surface area contributed by atoms with Crippen molar-refractivity contribution in [2.75, 3.05) is 20.2 Å². The minimum Gasteiger partial charge on any atom is -0.465 e. The highest BCUT2D eigenvalue weighted by Crippen LogP contribution is 2.30. The van der Waals surface area contributed by atoms with Gasteiger partial charge >= 0.3 is 5.97 Å². The molecule has 0 bridgehead atoms. The van der Waals surface area contributed by atoms with Gasteiger partial charge in [0.25, 0.3) is 0 Å². The molecule has 0 aromatic heterocycles. The van der Waals surface area contributed by atoms with Crippen LogP contribution in [0.15, 0.2) is 24.3 Å². The predicted octanol–water partition coefficient (Wildman–Crippen LogP) is 3.49. The number of hydrogen-bond donors (Lipinski definition) is 0. The average molecular weight is 275 g/mol. The Morgan fingerprint density at radius 2 is 2.00 bits per heavy atom. The van der Waals surface area contributed by atoms with E-state index in [4.69, 9.17) is 4.74 Å². The van der Waals surface area contributed by atoms with Crippen molar-refractivity contribution in [3.8, 4) is 0 Å². The Labute approximate surface area is 121 Å². The van der Waals surface area contributed by atoms with Crippen LogP contribution in [-0.2, 0) is 11.3 Å². The van der Waals surface area contributed by atoms with Gasteiger partial charge in [-0.1, -0.05) is 32.0 Å². The summed E-state index contributed by atoms with van der Waals surface area (Å²) in [5.74, 6) is -0.240. The maximum absolute atomic E-state index is 11.8. The first kappa shape index (κ1) is 15.0. The third-order valence-electron chi connectivity index (χ3n) is 4.25. The molecule has 3 nitrogen and oxygen atoms in total. The van der Waals surface area contributed by atoms with Crippen LogP contribution in [0.25, 0.3) is 0 Å². The highest BCUT2D eigenvalue weighted by atomic mass is 16.5. The van der Waals surface area contributed by atoms with Gasteiger partial charge in [0.05, 0.1) is 12.7 Å². The zero-order chi connectivity index (χ0) is 14.6. The molecule has 0 spiro atoms. The third kappa shape index (κ3) is 3.83. The summed E-state index contributed by atoms with van der Waals surface area (Å²) < 4.78 is 4.87. The van der Waals surface area contributed by atoms with Crippen molar-refractivity contribution in [2.24, 2.45) is 5.41 Å². The summed E-state index contributed by atoms with van der Waals surface area (Å²) in [6.45, 7) is 7.74. The topological polar surface area (TPSA) is 29.5 Å². The van der Waals surface area contributed by atoms with Crippen molar-refractivity contribution in [3.05, 3.63) is 35.4 Å². The Hall–Kier alpha value is -1.35. The Bertz CT molecular complexity index is 468. The maximum Gasteiger partial charge on any atom is 0.338 e. The summed E-state index contributed by atoms with van der Waals surface area (Å²) in [6, 6.07) is 7.76. The largest absolute Gasteiger partial charge is 0.465 e. The van der Waals surface area contributed by atoms with Crippen LogP contribution in [0.2, 0.25) is 0 Å². The fraction of sp³-hybridized carbons (Fsp3) is 0.588. The van der Waals surface area contributed by atoms with E-state index >= 15 is 0 Å². The fourth-order valence-corrected chi connectivity index (χ4v) is 2.85. The van der Waals surface area contributed by atoms with Crippen molar-refractivity contribution in [1.82, 2.24) is 4.90 Å². The summed E-state index contributed by atoms with van der Waals surface area (Å²) in [4.78, 5) is 14.3. The molecule has 0 aliphatic carbocycles. The third-order valence-corrected chi connectivity index (χ3v) is 4.25. The summed E-state index contributed by atoms with van der Waals surface area (Å²) >= 11 is 0. The molecule has 1 aromatic rings. The van der Waals surface area contributed by atoms with Gasteiger partial charge < -0.3 is 4.74 Å². The van der Waals surface area contributed by atoms with Gasteiger partial charge in [-0.15, -0.1) is 0 Å². The molecule has 20 heavy (non-hydrogen) atoms. The van der Waals surface area contributed by atoms with Crippen molar-refractivity contribution in [3.63, 3.8) is 0 Å². The van der Waals surface area contributed by atoms with E-state index in [9.17, 15) is 4.79 Å². The van der Waals surface area contributed by atoms with Gasteiger partial charge in [0.2, 0.25) is 0 Å². The zero-order valence-corrected chi connectivity index (χ0v) is 12.8. The fourth-order valence-electron chi connectivity index (χ4n) is 2.85. The number of rotatable bonds is 3. The van der Waals surface area contributed by atoms with Gasteiger partial charge in [-0.2, -0.15) is 0 Å². The Kier molecular flexibility index (Phi) is 4.81. The lowest BCUT2D eigenvalue weighted by molar-refractivity contribution is 0.0598. The quantitative estimate of drug-likeness (QED) is 0.791. The summed E-state index contributed by atoms with van der Waals surface area (Å²) in [7, 11) is 1.44. The van der Waals surface area contributed by atoms with Crippen LogP contribution >= 0.6 is 0 Å². The molecule has 0 saturated carbocycles. The van der Waals surface area contributed by atoms with Gasteiger partial charge in [-0.25, -0.2) is 4.79 Å². The first-order chi connectivity index (χ1) is 9.52. The average Bonchev–Trinajstić information content (AvgIpc) is 2.60. The van der Waals surface area contributed by atoms with E-state index < -0.39 is 0 Å². The number of methoxy groups -OCH3 is 1. The second-order valence-electron chi connectivity index (χ2n) is 6.44. The summed E-state index contributed by atoms with van der Waals surface area (Å²) in [5.41, 5.74) is 2.20. The molecule has 1 saturated heterocycles. The lowest BCUT2D eigenvalue weighted by Gasteiger charge is -2.23. The van der Waals surface area contributed by atoms with Crippen LogP contribution in [0, 0.1) is 5.41 Å². The minimum atomic E-state index is -0.240. The van der Waals surface area contributed by atoms with E-state index in [1.807, 2.05) is 24.3 Å². The van der Waals surface area contributed by atoms with Crippen molar-refractivity contribution in [1.29, 1.82) is 0 Å². The molecule has 1 fully saturated rings. The van der Waals surface area contributed by atoms with E-state index in [-0.39, 0.29) is 5.97 Å². The molecule has 110 valence electrons. The molecule has 2 rings (SSSR count). The zero-order valence-electron chi connectivity index (χ0n) is 12.8. The molecule has 1 aliphatic heterocycles. The lowest BCUT2D eigenvalue weighted by Crippen LogP contribution is -2.26. The van der Waals surface area contributed by atoms with Gasteiger partial charge in [-0.3, -0.25) is 4.90 Å². The van der Waals surface area contributed by atoms with Gasteiger partial charge in [0.15, 0.2) is 0 Å². The molecular weight excluding hydrogens is 250 g/mol. The van der Waals surface area contributed by atoms with E-state index in [0.717, 1.165) is 25.2 Å². The van der Waals surface area contributed by atoms with Crippen molar-refractivity contribution in [2.45, 2.75) is 39.7 Å². The summed E-state index contributed by atoms with van der Waals surface area (Å²) in [5, 5.41) is 0. The Morgan fingerprint density at radius 3 is 2.75 bits per heavy atom. The first-order valence-electron chi connectivity index (χ1n) is 7.40. The molecule has 1 heterocycles. The molecule has 1 aliphatic rings. The van der Waals surface area contributed by atoms with Crippen LogP contribution in [0.4, 0.5) is 0 Å². The number of ether oxygens (including phenoxy) is 1. The van der Waals surface area contributed by atoms with E-state index in [1.165, 1.54) is 26.4 Å². The molecule has 0 unspecified atom stereocenters. The number of carbonyl (C=O) groups excluding carboxylic acids is 1. The molecule has 0 atom stereocenters. The Balaban J connectivity index is 2.08. The molecule has 1 aromatic carbocycles. The number of benzene rings is 1. The number of carbonyl (C=O) groups is 1. The number of esters is 1. The predicted molar refractivity (Wildman–Crippen MR) is 80.7 cm³/mol. The summed E-state index contributed by atoms with van der Waals surface area (Å²) in [6.07, 6.45) is 3.73. The molecule has 0 N–H and O–H groups in total. The number of nitrogens with zero attached hydrogens (tertiary/aromatic N) is 1. The normalized spacial score (nSPS) is 19.4. The van der Waals surface area contributed by atoms with Crippen LogP contribution in [0.3, 0.4) is 0 Å². The van der Waals surface area contributed by atoms with Crippen molar-refractivity contribution >= 4 is 5.97 Å². The van der Waals surface area contributed by atoms with E-state index in [0.29, 0.717) is 11.0 Å². The molecular formula is C17H25NO2. The second kappa shape index (κ2) is 6.40. The van der Waals surface area contributed by atoms with Crippen LogP contribution in [0.5, 0.6) is 0 Å². The van der Waals surface area contributed by atoms with Gasteiger partial charge in [-0.05, 0) is 49.4 Å². The minimum absolute atomic E-state index is 0.240. The standard InChI is InChI=1S/C17H25NO2/c1-17(2)9-6-11-18(12-10-17)13-14-7-4-5-8-15(14)16(19)20-3/h4-5,7-8H,6,9-13H2,1-3H3. The highest BCUT2D eigenvalue weighted by molar-refractivity contribution is 5.90. The first-order valence-corrected chi connectivity index (χ1v) is 7.40. The van der Waals surface area contributed by atoms with Crippen LogP contribution in [-0.4, -0.2) is 31.1 Å². The molecule has 0 amide bonds. The Morgan fingerprint density at radius 1 is 1.25 bits per heavy atom. The van der Waals surface area contributed by atoms with Crippen molar-refractivity contribution < 1.29 is 9.53 Å². The lowest BCUT2D eigenvalue weighted by atomic mass is 9.85. The monoisotopic (exact) mass is 275 g/mol. The van der Waals surface area contributed by atoms with E-state index in [1.54, 1.807) is 0 Å². The van der Waals surface area contributed by atoms with Gasteiger partial charge in [0.1, 0.15) is 0 Å². The second-order valence-corrected chi connectivity index (χ2v) is 6.44. The van der Waals surface area contributed by atoms with Gasteiger partial charge in [0, 0.05) is 6.54 Å². The number of likely N-dealkylation sites (tertiary alicyclic amines) is 1.